The Kier molecular flexibility index (Phi) is 6.51. The van der Waals surface area contributed by atoms with Gasteiger partial charge in [-0.25, -0.2) is 0 Å². The van der Waals surface area contributed by atoms with Crippen LogP contribution >= 0.6 is 0 Å². The number of morpholine rings is 1. The highest BCUT2D eigenvalue weighted by Gasteiger charge is 2.37. The molecule has 1 aromatic carbocycles. The Morgan fingerprint density at radius 1 is 1.31 bits per heavy atom. The Hall–Kier alpha value is -1.63. The molecule has 0 radical (unpaired) electrons. The number of benzene rings is 1. The monoisotopic (exact) mass is 361 g/mol. The van der Waals surface area contributed by atoms with E-state index in [1.807, 2.05) is 14.1 Å². The minimum Gasteiger partial charge on any atom is -0.396 e. The molecule has 0 spiro atoms. The zero-order valence-electron chi connectivity index (χ0n) is 15.9. The first-order chi connectivity index (χ1) is 12.5. The molecule has 2 fully saturated rings. The Morgan fingerprint density at radius 3 is 2.77 bits per heavy atom. The van der Waals surface area contributed by atoms with Crippen molar-refractivity contribution in [2.75, 3.05) is 45.3 Å². The number of anilines is 1. The Bertz CT molecular complexity index is 590. The highest BCUT2D eigenvalue weighted by molar-refractivity contribution is 5.76. The maximum Gasteiger partial charge on any atom is 0.220 e. The lowest BCUT2D eigenvalue weighted by atomic mass is 10.1. The van der Waals surface area contributed by atoms with Crippen LogP contribution in [0.5, 0.6) is 0 Å². The SMILES string of the molecule is CN(C)c1ccc(CCC(=O)N[C@@H]2C[C@H]3CO[C@@H](CCO)CN3C2)cc1. The molecule has 0 aliphatic carbocycles. The number of carbonyl (C=O) groups is 1. The minimum absolute atomic E-state index is 0.121. The van der Waals surface area contributed by atoms with Crippen LogP contribution in [0.15, 0.2) is 24.3 Å². The molecule has 2 N–H and O–H groups in total. The van der Waals surface area contributed by atoms with E-state index in [2.05, 4.69) is 39.4 Å². The second-order valence-corrected chi connectivity index (χ2v) is 7.64. The molecule has 2 heterocycles. The number of fused-ring (bicyclic) bond motifs is 1. The zero-order chi connectivity index (χ0) is 18.5. The van der Waals surface area contributed by atoms with Crippen molar-refractivity contribution in [2.24, 2.45) is 0 Å². The molecule has 6 nitrogen and oxygen atoms in total. The third-order valence-corrected chi connectivity index (χ3v) is 5.40. The van der Waals surface area contributed by atoms with E-state index in [4.69, 9.17) is 9.84 Å². The van der Waals surface area contributed by atoms with Crippen LogP contribution in [0.1, 0.15) is 24.8 Å². The van der Waals surface area contributed by atoms with Gasteiger partial charge in [-0.05, 0) is 37.0 Å². The molecule has 0 saturated carbocycles. The fraction of sp³-hybridized carbons (Fsp3) is 0.650. The quantitative estimate of drug-likeness (QED) is 0.759. The van der Waals surface area contributed by atoms with Gasteiger partial charge in [0.05, 0.1) is 12.7 Å². The molecule has 6 heteroatoms. The Balaban J connectivity index is 1.41. The lowest BCUT2D eigenvalue weighted by Crippen LogP contribution is -2.46. The molecule has 2 saturated heterocycles. The van der Waals surface area contributed by atoms with Crippen LogP contribution in [0, 0.1) is 0 Å². The molecule has 26 heavy (non-hydrogen) atoms. The van der Waals surface area contributed by atoms with Gasteiger partial charge in [0.1, 0.15) is 0 Å². The molecule has 3 atom stereocenters. The molecular weight excluding hydrogens is 330 g/mol. The zero-order valence-corrected chi connectivity index (χ0v) is 15.9. The predicted molar refractivity (Wildman–Crippen MR) is 102 cm³/mol. The molecule has 2 aliphatic heterocycles. The normalized spacial score (nSPS) is 25.7. The van der Waals surface area contributed by atoms with Crippen molar-refractivity contribution in [1.29, 1.82) is 0 Å². The highest BCUT2D eigenvalue weighted by atomic mass is 16.5. The van der Waals surface area contributed by atoms with Gasteiger partial charge in [-0.15, -0.1) is 0 Å². The van der Waals surface area contributed by atoms with Crippen LogP contribution < -0.4 is 10.2 Å². The van der Waals surface area contributed by atoms with Crippen LogP contribution in [0.2, 0.25) is 0 Å². The number of aryl methyl sites for hydroxylation is 1. The molecule has 0 aromatic heterocycles. The molecule has 144 valence electrons. The van der Waals surface area contributed by atoms with Gasteiger partial charge in [-0.1, -0.05) is 12.1 Å². The minimum atomic E-state index is 0.121. The lowest BCUT2D eigenvalue weighted by molar-refractivity contribution is -0.121. The van der Waals surface area contributed by atoms with Gasteiger partial charge in [0.25, 0.3) is 0 Å². The van der Waals surface area contributed by atoms with Crippen molar-refractivity contribution >= 4 is 11.6 Å². The summed E-state index contributed by atoms with van der Waals surface area (Å²) in [6, 6.07) is 8.97. The maximum absolute atomic E-state index is 12.3. The van der Waals surface area contributed by atoms with Crippen molar-refractivity contribution < 1.29 is 14.6 Å². The first-order valence-electron chi connectivity index (χ1n) is 9.57. The summed E-state index contributed by atoms with van der Waals surface area (Å²) in [5.74, 6) is 0.124. The molecule has 0 unspecified atom stereocenters. The lowest BCUT2D eigenvalue weighted by Gasteiger charge is -2.34. The fourth-order valence-corrected chi connectivity index (χ4v) is 3.88. The number of aliphatic hydroxyl groups is 1. The number of amides is 1. The van der Waals surface area contributed by atoms with Gasteiger partial charge < -0.3 is 20.1 Å². The third-order valence-electron chi connectivity index (χ3n) is 5.40. The predicted octanol–water partition coefficient (Wildman–Crippen LogP) is 1.03. The van der Waals surface area contributed by atoms with E-state index in [9.17, 15) is 4.79 Å². The van der Waals surface area contributed by atoms with Crippen molar-refractivity contribution in [2.45, 2.75) is 43.9 Å². The summed E-state index contributed by atoms with van der Waals surface area (Å²) in [4.78, 5) is 16.8. The molecule has 0 bridgehead atoms. The van der Waals surface area contributed by atoms with E-state index >= 15 is 0 Å². The molecular formula is C20H31N3O3. The third kappa shape index (κ3) is 4.96. The summed E-state index contributed by atoms with van der Waals surface area (Å²) < 4.78 is 5.80. The number of rotatable bonds is 7. The van der Waals surface area contributed by atoms with Gasteiger partial charge in [-0.3, -0.25) is 9.69 Å². The summed E-state index contributed by atoms with van der Waals surface area (Å²) >= 11 is 0. The van der Waals surface area contributed by atoms with E-state index < -0.39 is 0 Å². The number of ether oxygens (including phenoxy) is 1. The van der Waals surface area contributed by atoms with E-state index in [0.29, 0.717) is 25.5 Å². The van der Waals surface area contributed by atoms with Crippen molar-refractivity contribution in [3.8, 4) is 0 Å². The first-order valence-corrected chi connectivity index (χ1v) is 9.57. The number of nitrogens with one attached hydrogen (secondary N) is 1. The maximum atomic E-state index is 12.3. The number of aliphatic hydroxyl groups excluding tert-OH is 1. The second-order valence-electron chi connectivity index (χ2n) is 7.64. The highest BCUT2D eigenvalue weighted by Crippen LogP contribution is 2.24. The average Bonchev–Trinajstić information content (AvgIpc) is 3.02. The van der Waals surface area contributed by atoms with Crippen LogP contribution in [0.4, 0.5) is 5.69 Å². The van der Waals surface area contributed by atoms with E-state index in [-0.39, 0.29) is 24.7 Å². The van der Waals surface area contributed by atoms with Crippen LogP contribution in [0.3, 0.4) is 0 Å². The molecule has 1 amide bonds. The van der Waals surface area contributed by atoms with Gasteiger partial charge in [0.15, 0.2) is 0 Å². The van der Waals surface area contributed by atoms with Crippen LogP contribution in [0.25, 0.3) is 0 Å². The van der Waals surface area contributed by atoms with Gasteiger partial charge >= 0.3 is 0 Å². The van der Waals surface area contributed by atoms with Crippen molar-refractivity contribution in [1.82, 2.24) is 10.2 Å². The summed E-state index contributed by atoms with van der Waals surface area (Å²) in [7, 11) is 4.05. The van der Waals surface area contributed by atoms with Crippen LogP contribution in [-0.4, -0.2) is 74.5 Å². The van der Waals surface area contributed by atoms with E-state index in [0.717, 1.165) is 25.9 Å². The van der Waals surface area contributed by atoms with Crippen LogP contribution in [-0.2, 0) is 16.0 Å². The first kappa shape index (κ1) is 19.1. The molecule has 2 aliphatic rings. The standard InChI is InChI=1S/C20H31N3O3/c1-22(2)17-6-3-15(4-7-17)5-8-20(25)21-16-11-18-14-26-19(9-10-24)13-23(18)12-16/h3-4,6-7,16,18-19,24H,5,8-14H2,1-2H3,(H,21,25)/t16-,18+,19+/m1/s1. The smallest absolute Gasteiger partial charge is 0.220 e. The number of carbonyl (C=O) groups excluding carboxylic acids is 1. The number of hydrogen-bond acceptors (Lipinski definition) is 5. The fourth-order valence-electron chi connectivity index (χ4n) is 3.88. The topological polar surface area (TPSA) is 65.0 Å². The molecule has 3 rings (SSSR count). The second kappa shape index (κ2) is 8.84. The van der Waals surface area contributed by atoms with E-state index in [1.54, 1.807) is 0 Å². The Labute approximate surface area is 156 Å². The summed E-state index contributed by atoms with van der Waals surface area (Å²) in [6.45, 7) is 2.61. The van der Waals surface area contributed by atoms with Crippen molar-refractivity contribution in [3.05, 3.63) is 29.8 Å². The Morgan fingerprint density at radius 2 is 2.08 bits per heavy atom. The molecule has 1 aromatic rings. The summed E-state index contributed by atoms with van der Waals surface area (Å²) in [5.41, 5.74) is 2.36. The van der Waals surface area contributed by atoms with Gasteiger partial charge in [-0.2, -0.15) is 0 Å². The summed E-state index contributed by atoms with van der Waals surface area (Å²) in [6.07, 6.45) is 3.05. The average molecular weight is 361 g/mol. The number of nitrogens with zero attached hydrogens (tertiary/aromatic N) is 2. The largest absolute Gasteiger partial charge is 0.396 e. The number of hydrogen-bond donors (Lipinski definition) is 2. The van der Waals surface area contributed by atoms with Gasteiger partial charge in [0, 0.05) is 58.0 Å². The van der Waals surface area contributed by atoms with Gasteiger partial charge in [0.2, 0.25) is 5.91 Å². The van der Waals surface area contributed by atoms with E-state index in [1.165, 1.54) is 11.3 Å². The van der Waals surface area contributed by atoms with Crippen molar-refractivity contribution in [3.63, 3.8) is 0 Å². The summed E-state index contributed by atoms with van der Waals surface area (Å²) in [5, 5.41) is 12.3.